The molecule has 0 aliphatic carbocycles. The zero-order valence-electron chi connectivity index (χ0n) is 17.7. The molecule has 4 aromatic rings. The minimum atomic E-state index is -0.496. The van der Waals surface area contributed by atoms with E-state index in [0.717, 1.165) is 22.5 Å². The van der Waals surface area contributed by atoms with Crippen molar-refractivity contribution in [3.05, 3.63) is 102 Å². The second kappa shape index (κ2) is 9.78. The Hall–Kier alpha value is -4.13. The van der Waals surface area contributed by atoms with Gasteiger partial charge in [0.2, 0.25) is 0 Å². The van der Waals surface area contributed by atoms with E-state index in [9.17, 15) is 9.59 Å². The van der Waals surface area contributed by atoms with Gasteiger partial charge in [0.15, 0.2) is 0 Å². The van der Waals surface area contributed by atoms with E-state index in [1.807, 2.05) is 66.2 Å². The number of aryl methyl sites for hydroxylation is 1. The molecule has 0 unspecified atom stereocenters. The van der Waals surface area contributed by atoms with Crippen LogP contribution in [0.5, 0.6) is 5.75 Å². The van der Waals surface area contributed by atoms with Crippen LogP contribution in [-0.2, 0) is 22.7 Å². The third-order valence-corrected chi connectivity index (χ3v) is 4.79. The van der Waals surface area contributed by atoms with Gasteiger partial charge in [-0.25, -0.2) is 4.98 Å². The molecule has 0 radical (unpaired) electrons. The molecule has 0 spiro atoms. The SMILES string of the molecule is Cc1ccc2nc(COc3ccc(C(=O)NCC(=O)OCc4ccccc4)cc3)cn2c1. The molecule has 7 nitrogen and oxygen atoms in total. The van der Waals surface area contributed by atoms with E-state index in [1.54, 1.807) is 24.3 Å². The van der Waals surface area contributed by atoms with Crippen LogP contribution >= 0.6 is 0 Å². The van der Waals surface area contributed by atoms with Crippen LogP contribution < -0.4 is 10.1 Å². The highest BCUT2D eigenvalue weighted by atomic mass is 16.5. The van der Waals surface area contributed by atoms with Crippen LogP contribution in [0.3, 0.4) is 0 Å². The number of pyridine rings is 1. The van der Waals surface area contributed by atoms with Crippen molar-refractivity contribution >= 4 is 17.5 Å². The van der Waals surface area contributed by atoms with Gasteiger partial charge >= 0.3 is 5.97 Å². The lowest BCUT2D eigenvalue weighted by Crippen LogP contribution is -2.30. The van der Waals surface area contributed by atoms with E-state index in [1.165, 1.54) is 0 Å². The first-order valence-electron chi connectivity index (χ1n) is 10.2. The summed E-state index contributed by atoms with van der Waals surface area (Å²) in [5.74, 6) is -0.231. The maximum Gasteiger partial charge on any atom is 0.325 e. The number of rotatable bonds is 8. The zero-order valence-corrected chi connectivity index (χ0v) is 17.7. The van der Waals surface area contributed by atoms with Gasteiger partial charge in [0.05, 0.1) is 5.69 Å². The Morgan fingerprint density at radius 1 is 0.938 bits per heavy atom. The van der Waals surface area contributed by atoms with Crippen molar-refractivity contribution in [3.63, 3.8) is 0 Å². The Morgan fingerprint density at radius 3 is 2.50 bits per heavy atom. The lowest BCUT2D eigenvalue weighted by Gasteiger charge is -2.08. The third-order valence-electron chi connectivity index (χ3n) is 4.79. The smallest absolute Gasteiger partial charge is 0.325 e. The van der Waals surface area contributed by atoms with Crippen LogP contribution in [0.4, 0.5) is 0 Å². The first kappa shape index (κ1) is 21.1. The molecular weight excluding hydrogens is 406 g/mol. The number of hydrogen-bond donors (Lipinski definition) is 1. The highest BCUT2D eigenvalue weighted by Crippen LogP contribution is 2.15. The summed E-state index contributed by atoms with van der Waals surface area (Å²) in [6.45, 7) is 2.32. The summed E-state index contributed by atoms with van der Waals surface area (Å²) in [6.07, 6.45) is 3.94. The number of amides is 1. The van der Waals surface area contributed by atoms with Gasteiger partial charge in [-0.1, -0.05) is 36.4 Å². The highest BCUT2D eigenvalue weighted by Gasteiger charge is 2.10. The summed E-state index contributed by atoms with van der Waals surface area (Å²) >= 11 is 0. The summed E-state index contributed by atoms with van der Waals surface area (Å²) < 4.78 is 12.9. The van der Waals surface area contributed by atoms with E-state index >= 15 is 0 Å². The van der Waals surface area contributed by atoms with Gasteiger partial charge in [0.25, 0.3) is 5.91 Å². The number of benzene rings is 2. The van der Waals surface area contributed by atoms with E-state index < -0.39 is 5.97 Å². The topological polar surface area (TPSA) is 81.9 Å². The number of carbonyl (C=O) groups excluding carboxylic acids is 2. The van der Waals surface area contributed by atoms with Crippen molar-refractivity contribution in [2.24, 2.45) is 0 Å². The predicted octanol–water partition coefficient (Wildman–Crippen LogP) is 3.69. The summed E-state index contributed by atoms with van der Waals surface area (Å²) in [5.41, 5.74) is 4.15. The third kappa shape index (κ3) is 5.51. The molecule has 0 atom stereocenters. The van der Waals surface area contributed by atoms with Crippen LogP contribution in [-0.4, -0.2) is 27.8 Å². The Kier molecular flexibility index (Phi) is 6.46. The number of ether oxygens (including phenoxy) is 2. The van der Waals surface area contributed by atoms with Crippen molar-refractivity contribution in [2.75, 3.05) is 6.54 Å². The molecule has 0 fully saturated rings. The molecule has 2 aromatic carbocycles. The van der Waals surface area contributed by atoms with Crippen molar-refractivity contribution in [1.82, 2.24) is 14.7 Å². The van der Waals surface area contributed by atoms with Gasteiger partial charge in [-0.05, 0) is 48.4 Å². The first-order valence-corrected chi connectivity index (χ1v) is 10.2. The van der Waals surface area contributed by atoms with Gasteiger partial charge in [-0.3, -0.25) is 9.59 Å². The number of imidazole rings is 1. The van der Waals surface area contributed by atoms with Crippen molar-refractivity contribution in [2.45, 2.75) is 20.1 Å². The number of carbonyl (C=O) groups is 2. The standard InChI is InChI=1S/C25H23N3O4/c1-18-7-12-23-27-21(15-28(23)14-18)17-31-22-10-8-20(9-11-22)25(30)26-13-24(29)32-16-19-5-3-2-4-6-19/h2-12,14-15H,13,16-17H2,1H3,(H,26,30). The van der Waals surface area contributed by atoms with Crippen LogP contribution in [0.2, 0.25) is 0 Å². The van der Waals surface area contributed by atoms with Crippen LogP contribution in [0.1, 0.15) is 27.2 Å². The fourth-order valence-corrected chi connectivity index (χ4v) is 3.13. The molecule has 0 bridgehead atoms. The van der Waals surface area contributed by atoms with Gasteiger partial charge in [0, 0.05) is 18.0 Å². The second-order valence-corrected chi connectivity index (χ2v) is 7.35. The normalized spacial score (nSPS) is 10.7. The number of fused-ring (bicyclic) bond motifs is 1. The second-order valence-electron chi connectivity index (χ2n) is 7.35. The van der Waals surface area contributed by atoms with Crippen LogP contribution in [0.25, 0.3) is 5.65 Å². The first-order chi connectivity index (χ1) is 15.6. The van der Waals surface area contributed by atoms with Gasteiger partial charge < -0.3 is 19.2 Å². The fraction of sp³-hybridized carbons (Fsp3) is 0.160. The molecule has 2 aromatic heterocycles. The van der Waals surface area contributed by atoms with E-state index in [-0.39, 0.29) is 19.1 Å². The average Bonchev–Trinajstić information content (AvgIpc) is 3.23. The highest BCUT2D eigenvalue weighted by molar-refractivity contribution is 5.96. The Labute approximate surface area is 185 Å². The van der Waals surface area contributed by atoms with Crippen LogP contribution in [0, 0.1) is 6.92 Å². The summed E-state index contributed by atoms with van der Waals surface area (Å²) in [5, 5.41) is 2.56. The molecule has 2 heterocycles. The number of nitrogens with zero attached hydrogens (tertiary/aromatic N) is 2. The number of hydrogen-bond acceptors (Lipinski definition) is 5. The molecule has 1 amide bonds. The molecule has 7 heteroatoms. The minimum absolute atomic E-state index is 0.174. The van der Waals surface area contributed by atoms with Crippen molar-refractivity contribution < 1.29 is 19.1 Å². The van der Waals surface area contributed by atoms with Crippen LogP contribution in [0.15, 0.2) is 79.1 Å². The molecule has 0 aliphatic rings. The summed E-state index contributed by atoms with van der Waals surface area (Å²) in [7, 11) is 0. The van der Waals surface area contributed by atoms with Gasteiger partial charge in [0.1, 0.15) is 31.2 Å². The lowest BCUT2D eigenvalue weighted by molar-refractivity contribution is -0.143. The lowest BCUT2D eigenvalue weighted by atomic mass is 10.2. The molecule has 0 saturated heterocycles. The van der Waals surface area contributed by atoms with Gasteiger partial charge in [-0.15, -0.1) is 0 Å². The quantitative estimate of drug-likeness (QED) is 0.432. The molecule has 162 valence electrons. The van der Waals surface area contributed by atoms with Crippen molar-refractivity contribution in [3.8, 4) is 5.75 Å². The Bertz CT molecular complexity index is 1220. The fourth-order valence-electron chi connectivity index (χ4n) is 3.13. The minimum Gasteiger partial charge on any atom is -0.487 e. The molecule has 0 saturated carbocycles. The van der Waals surface area contributed by atoms with Crippen molar-refractivity contribution in [1.29, 1.82) is 0 Å². The maximum atomic E-state index is 12.3. The molecular formula is C25H23N3O4. The van der Waals surface area contributed by atoms with E-state index in [2.05, 4.69) is 10.3 Å². The average molecular weight is 429 g/mol. The monoisotopic (exact) mass is 429 g/mol. The molecule has 32 heavy (non-hydrogen) atoms. The summed E-state index contributed by atoms with van der Waals surface area (Å²) in [4.78, 5) is 28.6. The summed E-state index contributed by atoms with van der Waals surface area (Å²) in [6, 6.07) is 20.1. The Balaban J connectivity index is 1.24. The van der Waals surface area contributed by atoms with E-state index in [4.69, 9.17) is 9.47 Å². The zero-order chi connectivity index (χ0) is 22.3. The maximum absolute atomic E-state index is 12.3. The largest absolute Gasteiger partial charge is 0.487 e. The molecule has 1 N–H and O–H groups in total. The number of aromatic nitrogens is 2. The van der Waals surface area contributed by atoms with E-state index in [0.29, 0.717) is 17.9 Å². The Morgan fingerprint density at radius 2 is 1.72 bits per heavy atom. The number of esters is 1. The molecule has 0 aliphatic heterocycles. The molecule has 4 rings (SSSR count). The number of nitrogens with one attached hydrogen (secondary N) is 1. The predicted molar refractivity (Wildman–Crippen MR) is 119 cm³/mol. The van der Waals surface area contributed by atoms with Gasteiger partial charge in [-0.2, -0.15) is 0 Å².